The lowest BCUT2D eigenvalue weighted by molar-refractivity contribution is -0.138. The van der Waals surface area contributed by atoms with Crippen molar-refractivity contribution in [2.24, 2.45) is 0 Å². The number of amides is 1. The molecule has 0 unspecified atom stereocenters. The van der Waals surface area contributed by atoms with Crippen LogP contribution in [0.5, 0.6) is 0 Å². The van der Waals surface area contributed by atoms with E-state index in [9.17, 15) is 13.8 Å². The molecular formula is C19H19NO5S. The van der Waals surface area contributed by atoms with E-state index in [1.54, 1.807) is 0 Å². The van der Waals surface area contributed by atoms with Crippen molar-refractivity contribution in [1.82, 2.24) is 5.32 Å². The maximum Gasteiger partial charge on any atom is 0.407 e. The number of hydrogen-bond donors (Lipinski definition) is 2. The Kier molecular flexibility index (Phi) is 5.37. The molecule has 2 atom stereocenters. The number of benzene rings is 2. The van der Waals surface area contributed by atoms with Crippen LogP contribution in [0.2, 0.25) is 0 Å². The van der Waals surface area contributed by atoms with Gasteiger partial charge in [-0.3, -0.25) is 4.21 Å². The van der Waals surface area contributed by atoms with Gasteiger partial charge in [-0.05, 0) is 22.3 Å². The fraction of sp³-hybridized carbons (Fsp3) is 0.263. The predicted molar refractivity (Wildman–Crippen MR) is 98.6 cm³/mol. The van der Waals surface area contributed by atoms with E-state index in [1.165, 1.54) is 6.26 Å². The van der Waals surface area contributed by atoms with Gasteiger partial charge in [0.25, 0.3) is 0 Å². The Labute approximate surface area is 153 Å². The molecule has 3 rings (SSSR count). The van der Waals surface area contributed by atoms with E-state index >= 15 is 0 Å². The lowest BCUT2D eigenvalue weighted by atomic mass is 9.98. The first-order valence-electron chi connectivity index (χ1n) is 8.11. The van der Waals surface area contributed by atoms with Crippen LogP contribution >= 0.6 is 0 Å². The van der Waals surface area contributed by atoms with Crippen molar-refractivity contribution in [3.8, 4) is 11.1 Å². The van der Waals surface area contributed by atoms with Crippen LogP contribution in [-0.2, 0) is 20.3 Å². The van der Waals surface area contributed by atoms with Gasteiger partial charge in [0, 0.05) is 23.0 Å². The Hall–Kier alpha value is -2.67. The molecule has 0 saturated carbocycles. The molecule has 0 heterocycles. The van der Waals surface area contributed by atoms with Gasteiger partial charge in [0.1, 0.15) is 12.6 Å². The second-order valence-corrected chi connectivity index (χ2v) is 7.58. The minimum atomic E-state index is -1.35. The van der Waals surface area contributed by atoms with E-state index in [0.717, 1.165) is 22.3 Å². The van der Waals surface area contributed by atoms with Crippen LogP contribution in [0.1, 0.15) is 17.0 Å². The van der Waals surface area contributed by atoms with Gasteiger partial charge in [-0.1, -0.05) is 48.5 Å². The predicted octanol–water partition coefficient (Wildman–Crippen LogP) is 2.36. The normalized spacial score (nSPS) is 14.8. The Balaban J connectivity index is 1.71. The molecule has 1 aliphatic rings. The van der Waals surface area contributed by atoms with Crippen molar-refractivity contribution in [2.45, 2.75) is 12.0 Å². The summed E-state index contributed by atoms with van der Waals surface area (Å²) in [6.45, 7) is 0.0986. The van der Waals surface area contributed by atoms with Crippen LogP contribution in [0.25, 0.3) is 11.1 Å². The monoisotopic (exact) mass is 373 g/mol. The smallest absolute Gasteiger partial charge is 0.407 e. The molecule has 0 spiro atoms. The molecule has 7 heteroatoms. The summed E-state index contributed by atoms with van der Waals surface area (Å²) in [4.78, 5) is 23.2. The second kappa shape index (κ2) is 7.70. The molecule has 0 radical (unpaired) electrons. The Bertz CT molecular complexity index is 821. The first-order chi connectivity index (χ1) is 12.5. The SMILES string of the molecule is C[S@](=O)C[C@H](NC(=O)OCC1c2ccccc2-c2ccccc21)C(=O)O. The van der Waals surface area contributed by atoms with E-state index in [-0.39, 0.29) is 18.3 Å². The third kappa shape index (κ3) is 3.77. The first kappa shape index (κ1) is 18.1. The van der Waals surface area contributed by atoms with Crippen molar-refractivity contribution in [3.63, 3.8) is 0 Å². The van der Waals surface area contributed by atoms with Gasteiger partial charge < -0.3 is 15.2 Å². The zero-order valence-electron chi connectivity index (χ0n) is 14.2. The topological polar surface area (TPSA) is 92.7 Å². The number of ether oxygens (including phenoxy) is 1. The number of carbonyl (C=O) groups excluding carboxylic acids is 1. The van der Waals surface area contributed by atoms with Gasteiger partial charge in [-0.25, -0.2) is 9.59 Å². The van der Waals surface area contributed by atoms with Crippen molar-refractivity contribution >= 4 is 22.9 Å². The Morgan fingerprint density at radius 2 is 1.65 bits per heavy atom. The second-order valence-electron chi connectivity index (χ2n) is 6.10. The molecule has 6 nitrogen and oxygen atoms in total. The zero-order valence-corrected chi connectivity index (χ0v) is 15.0. The summed E-state index contributed by atoms with van der Waals surface area (Å²) in [6.07, 6.45) is 0.555. The van der Waals surface area contributed by atoms with Crippen molar-refractivity contribution < 1.29 is 23.6 Å². The number of fused-ring (bicyclic) bond motifs is 3. The number of alkyl carbamates (subject to hydrolysis) is 1. The van der Waals surface area contributed by atoms with Crippen LogP contribution in [0.3, 0.4) is 0 Å². The minimum Gasteiger partial charge on any atom is -0.480 e. The number of carboxylic acid groups (broad SMARTS) is 1. The molecule has 136 valence electrons. The number of carbonyl (C=O) groups is 2. The maximum atomic E-state index is 12.0. The standard InChI is InChI=1S/C19H19NO5S/c1-26(24)11-17(18(21)22)20-19(23)25-10-16-14-8-4-2-6-12(14)13-7-3-5-9-15(13)16/h2-9,16-17H,10-11H2,1H3,(H,20,23)(H,21,22)/t17-,26-/m0/s1. The van der Waals surface area contributed by atoms with Gasteiger partial charge >= 0.3 is 12.1 Å². The highest BCUT2D eigenvalue weighted by molar-refractivity contribution is 7.84. The summed E-state index contributed by atoms with van der Waals surface area (Å²) in [5.41, 5.74) is 4.38. The number of hydrogen-bond acceptors (Lipinski definition) is 4. The largest absolute Gasteiger partial charge is 0.480 e. The lowest BCUT2D eigenvalue weighted by Crippen LogP contribution is -2.44. The molecule has 0 aromatic heterocycles. The lowest BCUT2D eigenvalue weighted by Gasteiger charge is -2.17. The van der Waals surface area contributed by atoms with Crippen molar-refractivity contribution in [1.29, 1.82) is 0 Å². The van der Waals surface area contributed by atoms with Gasteiger partial charge in [-0.2, -0.15) is 0 Å². The van der Waals surface area contributed by atoms with Gasteiger partial charge in [0.2, 0.25) is 0 Å². The van der Waals surface area contributed by atoms with Crippen LogP contribution < -0.4 is 5.32 Å². The van der Waals surface area contributed by atoms with Crippen molar-refractivity contribution in [3.05, 3.63) is 59.7 Å². The van der Waals surface area contributed by atoms with E-state index in [0.29, 0.717) is 0 Å². The highest BCUT2D eigenvalue weighted by Crippen LogP contribution is 2.44. The van der Waals surface area contributed by atoms with E-state index in [2.05, 4.69) is 5.32 Å². The van der Waals surface area contributed by atoms with Crippen LogP contribution in [0.15, 0.2) is 48.5 Å². The first-order valence-corrected chi connectivity index (χ1v) is 9.84. The zero-order chi connectivity index (χ0) is 18.7. The third-order valence-electron chi connectivity index (χ3n) is 4.34. The number of aliphatic carboxylic acids is 1. The van der Waals surface area contributed by atoms with Crippen LogP contribution in [0.4, 0.5) is 4.79 Å². The van der Waals surface area contributed by atoms with E-state index in [1.807, 2.05) is 48.5 Å². The molecule has 2 N–H and O–H groups in total. The van der Waals surface area contributed by atoms with Gasteiger partial charge in [0.15, 0.2) is 0 Å². The molecular weight excluding hydrogens is 354 g/mol. The summed E-state index contributed by atoms with van der Waals surface area (Å²) >= 11 is 0. The Morgan fingerprint density at radius 1 is 1.12 bits per heavy atom. The average Bonchev–Trinajstić information content (AvgIpc) is 2.93. The molecule has 26 heavy (non-hydrogen) atoms. The summed E-state index contributed by atoms with van der Waals surface area (Å²) in [6, 6.07) is 14.6. The van der Waals surface area contributed by atoms with Gasteiger partial charge in [0.05, 0.1) is 5.75 Å². The highest BCUT2D eigenvalue weighted by atomic mass is 32.2. The van der Waals surface area contributed by atoms with E-state index < -0.39 is 28.9 Å². The van der Waals surface area contributed by atoms with Crippen LogP contribution in [0, 0.1) is 0 Å². The van der Waals surface area contributed by atoms with Crippen molar-refractivity contribution in [2.75, 3.05) is 18.6 Å². The number of nitrogens with one attached hydrogen (secondary N) is 1. The average molecular weight is 373 g/mol. The quantitative estimate of drug-likeness (QED) is 0.811. The van der Waals surface area contributed by atoms with Crippen LogP contribution in [-0.4, -0.2) is 46.0 Å². The molecule has 2 aromatic rings. The third-order valence-corrected chi connectivity index (χ3v) is 5.14. The summed E-state index contributed by atoms with van der Waals surface area (Å²) < 4.78 is 16.5. The molecule has 0 fully saturated rings. The highest BCUT2D eigenvalue weighted by Gasteiger charge is 2.29. The summed E-state index contributed by atoms with van der Waals surface area (Å²) in [5, 5.41) is 11.4. The fourth-order valence-electron chi connectivity index (χ4n) is 3.19. The number of rotatable bonds is 6. The molecule has 2 aromatic carbocycles. The van der Waals surface area contributed by atoms with E-state index in [4.69, 9.17) is 9.84 Å². The summed E-state index contributed by atoms with van der Waals surface area (Å²) in [5.74, 6) is -1.51. The molecule has 1 amide bonds. The van der Waals surface area contributed by atoms with Gasteiger partial charge in [-0.15, -0.1) is 0 Å². The number of carboxylic acids is 1. The molecule has 0 aliphatic heterocycles. The fourth-order valence-corrected chi connectivity index (χ4v) is 3.89. The molecule has 0 saturated heterocycles. The maximum absolute atomic E-state index is 12.0. The minimum absolute atomic E-state index is 0.0986. The Morgan fingerprint density at radius 3 is 2.15 bits per heavy atom. The summed E-state index contributed by atoms with van der Waals surface area (Å²) in [7, 11) is -1.35. The molecule has 0 bridgehead atoms. The molecule has 1 aliphatic carbocycles.